The Morgan fingerprint density at radius 2 is 1.79 bits per heavy atom. The number of rotatable bonds is 5. The van der Waals surface area contributed by atoms with Gasteiger partial charge in [-0.1, -0.05) is 12.1 Å². The van der Waals surface area contributed by atoms with Gasteiger partial charge in [0.05, 0.1) is 27.9 Å². The topological polar surface area (TPSA) is 128 Å². The van der Waals surface area contributed by atoms with Gasteiger partial charge in [-0.3, -0.25) is 9.36 Å². The summed E-state index contributed by atoms with van der Waals surface area (Å²) in [6.07, 6.45) is 2.37. The number of amides is 1. The third kappa shape index (κ3) is 4.46. The molecule has 0 bridgehead atoms. The number of nitrogens with one attached hydrogen (secondary N) is 2. The van der Waals surface area contributed by atoms with Gasteiger partial charge >= 0.3 is 5.69 Å². The third-order valence-electron chi connectivity index (χ3n) is 5.81. The van der Waals surface area contributed by atoms with Crippen LogP contribution in [0, 0.1) is 24.2 Å². The van der Waals surface area contributed by atoms with E-state index in [1.165, 1.54) is 33.1 Å². The Labute approximate surface area is 191 Å². The highest BCUT2D eigenvalue weighted by molar-refractivity contribution is 7.89. The molecule has 1 saturated heterocycles. The van der Waals surface area contributed by atoms with E-state index in [2.05, 4.69) is 10.3 Å². The lowest BCUT2D eigenvalue weighted by atomic mass is 9.97. The van der Waals surface area contributed by atoms with Crippen LogP contribution in [-0.2, 0) is 14.8 Å². The van der Waals surface area contributed by atoms with Crippen molar-refractivity contribution >= 4 is 21.6 Å². The van der Waals surface area contributed by atoms with Crippen LogP contribution in [-0.4, -0.2) is 41.3 Å². The van der Waals surface area contributed by atoms with Crippen LogP contribution in [0.25, 0.3) is 5.69 Å². The van der Waals surface area contributed by atoms with Crippen molar-refractivity contribution in [2.24, 2.45) is 5.92 Å². The van der Waals surface area contributed by atoms with Gasteiger partial charge in [0.2, 0.25) is 15.9 Å². The van der Waals surface area contributed by atoms with E-state index in [4.69, 9.17) is 5.26 Å². The van der Waals surface area contributed by atoms with Crippen LogP contribution in [0.4, 0.5) is 5.69 Å². The molecule has 2 heterocycles. The number of imidazole rings is 1. The number of carbonyl (C=O) groups is 1. The van der Waals surface area contributed by atoms with Crippen LogP contribution in [0.2, 0.25) is 0 Å². The first-order chi connectivity index (χ1) is 15.8. The summed E-state index contributed by atoms with van der Waals surface area (Å²) in [5.74, 6) is -0.561. The predicted octanol–water partition coefficient (Wildman–Crippen LogP) is 2.39. The first-order valence-electron chi connectivity index (χ1n) is 10.5. The Morgan fingerprint density at radius 3 is 2.39 bits per heavy atom. The van der Waals surface area contributed by atoms with Gasteiger partial charge in [0.25, 0.3) is 0 Å². The van der Waals surface area contributed by atoms with Crippen LogP contribution in [0.15, 0.2) is 64.4 Å². The number of aromatic nitrogens is 2. The molecule has 2 N–H and O–H groups in total. The Balaban J connectivity index is 1.45. The minimum absolute atomic E-state index is 0.130. The minimum atomic E-state index is -3.69. The molecule has 170 valence electrons. The minimum Gasteiger partial charge on any atom is -0.324 e. The van der Waals surface area contributed by atoms with Gasteiger partial charge in [0.1, 0.15) is 0 Å². The van der Waals surface area contributed by atoms with Gasteiger partial charge < -0.3 is 10.3 Å². The molecule has 0 saturated carbocycles. The molecule has 2 aromatic carbocycles. The average molecular weight is 466 g/mol. The number of benzene rings is 2. The molecule has 10 heteroatoms. The van der Waals surface area contributed by atoms with Gasteiger partial charge in [0.15, 0.2) is 0 Å². The molecule has 1 fully saturated rings. The summed E-state index contributed by atoms with van der Waals surface area (Å²) < 4.78 is 28.7. The van der Waals surface area contributed by atoms with Crippen LogP contribution >= 0.6 is 0 Å². The van der Waals surface area contributed by atoms with Gasteiger partial charge in [-0.25, -0.2) is 13.2 Å². The number of aromatic amines is 1. The summed E-state index contributed by atoms with van der Waals surface area (Å²) in [4.78, 5) is 27.9. The van der Waals surface area contributed by atoms with Crippen molar-refractivity contribution in [3.63, 3.8) is 0 Å². The number of H-pyrrole nitrogens is 1. The summed E-state index contributed by atoms with van der Waals surface area (Å²) in [5.41, 5.74) is 1.88. The molecular weight excluding hydrogens is 442 g/mol. The number of hydrogen-bond acceptors (Lipinski definition) is 5. The molecule has 0 spiro atoms. The van der Waals surface area contributed by atoms with Crippen molar-refractivity contribution in [2.75, 3.05) is 18.4 Å². The maximum Gasteiger partial charge on any atom is 0.330 e. The summed E-state index contributed by atoms with van der Waals surface area (Å²) in [6.45, 7) is 2.23. The fraction of sp³-hybridized carbons (Fsp3) is 0.261. The molecule has 1 amide bonds. The summed E-state index contributed by atoms with van der Waals surface area (Å²) in [6, 6.07) is 14.8. The molecule has 1 aliphatic rings. The highest BCUT2D eigenvalue weighted by Gasteiger charge is 2.32. The molecular formula is C23H23N5O4S. The molecule has 1 aromatic heterocycles. The fourth-order valence-electron chi connectivity index (χ4n) is 3.97. The van der Waals surface area contributed by atoms with Crippen molar-refractivity contribution in [1.82, 2.24) is 13.9 Å². The first kappa shape index (κ1) is 22.5. The lowest BCUT2D eigenvalue weighted by molar-refractivity contribution is -0.120. The summed E-state index contributed by atoms with van der Waals surface area (Å²) >= 11 is 0. The monoisotopic (exact) mass is 465 g/mol. The second-order valence-corrected chi connectivity index (χ2v) is 9.83. The normalized spacial score (nSPS) is 15.2. The van der Waals surface area contributed by atoms with Gasteiger partial charge in [-0.2, -0.15) is 9.57 Å². The highest BCUT2D eigenvalue weighted by Crippen LogP contribution is 2.26. The average Bonchev–Trinajstić information content (AvgIpc) is 3.17. The van der Waals surface area contributed by atoms with Gasteiger partial charge in [-0.05, 0) is 56.2 Å². The SMILES string of the molecule is Cc1c[nH]c(=O)n1-c1ccccc1NC(=O)C1CCN(S(=O)(=O)c2ccc(C#N)cc2)CC1. The van der Waals surface area contributed by atoms with E-state index in [1.807, 2.05) is 6.07 Å². The molecule has 1 aliphatic heterocycles. The molecule has 9 nitrogen and oxygen atoms in total. The molecule has 0 radical (unpaired) electrons. The first-order valence-corrected chi connectivity index (χ1v) is 11.9. The standard InChI is InChI=1S/C23H23N5O4S/c1-16-15-25-23(30)28(16)21-5-3-2-4-20(21)26-22(29)18-10-12-27(13-11-18)33(31,32)19-8-6-17(14-24)7-9-19/h2-9,15,18H,10-13H2,1H3,(H,25,30)(H,26,29). The van der Waals surface area contributed by atoms with Crippen molar-refractivity contribution in [3.05, 3.63) is 76.5 Å². The smallest absolute Gasteiger partial charge is 0.324 e. The Kier molecular flexibility index (Phi) is 6.18. The number of sulfonamides is 1. The summed E-state index contributed by atoms with van der Waals surface area (Å²) in [7, 11) is -3.69. The molecule has 0 aliphatic carbocycles. The number of para-hydroxylation sites is 2. The van der Waals surface area contributed by atoms with Gasteiger partial charge in [0, 0.05) is 30.9 Å². The molecule has 0 unspecified atom stereocenters. The molecule has 33 heavy (non-hydrogen) atoms. The maximum atomic E-state index is 13.0. The number of aryl methyl sites for hydroxylation is 1. The van der Waals surface area contributed by atoms with Crippen molar-refractivity contribution < 1.29 is 13.2 Å². The number of nitriles is 1. The highest BCUT2D eigenvalue weighted by atomic mass is 32.2. The zero-order chi connectivity index (χ0) is 23.6. The zero-order valence-electron chi connectivity index (χ0n) is 18.0. The van der Waals surface area contributed by atoms with Crippen molar-refractivity contribution in [2.45, 2.75) is 24.7 Å². The number of carbonyl (C=O) groups excluding carboxylic acids is 1. The lowest BCUT2D eigenvalue weighted by Gasteiger charge is -2.30. The quantitative estimate of drug-likeness (QED) is 0.598. The van der Waals surface area contributed by atoms with E-state index < -0.39 is 10.0 Å². The van der Waals surface area contributed by atoms with Crippen LogP contribution in [0.1, 0.15) is 24.1 Å². The molecule has 0 atom stereocenters. The second-order valence-electron chi connectivity index (χ2n) is 7.89. The second kappa shape index (κ2) is 9.05. The lowest BCUT2D eigenvalue weighted by Crippen LogP contribution is -2.41. The number of anilines is 1. The van der Waals surface area contributed by atoms with Crippen LogP contribution in [0.3, 0.4) is 0 Å². The Hall–Kier alpha value is -3.68. The maximum absolute atomic E-state index is 13.0. The van der Waals surface area contributed by atoms with Crippen LogP contribution in [0.5, 0.6) is 0 Å². The number of hydrogen-bond donors (Lipinski definition) is 2. The van der Waals surface area contributed by atoms with Crippen LogP contribution < -0.4 is 11.0 Å². The number of piperidine rings is 1. The van der Waals surface area contributed by atoms with E-state index in [0.717, 1.165) is 0 Å². The van der Waals surface area contributed by atoms with Crippen molar-refractivity contribution in [1.29, 1.82) is 5.26 Å². The largest absolute Gasteiger partial charge is 0.330 e. The van der Waals surface area contributed by atoms with E-state index >= 15 is 0 Å². The third-order valence-corrected chi connectivity index (χ3v) is 7.72. The fourth-order valence-corrected chi connectivity index (χ4v) is 5.44. The van der Waals surface area contributed by atoms with E-state index in [1.54, 1.807) is 37.4 Å². The molecule has 4 rings (SSSR count). The summed E-state index contributed by atoms with van der Waals surface area (Å²) in [5, 5.41) is 11.8. The van der Waals surface area contributed by atoms with E-state index in [-0.39, 0.29) is 35.5 Å². The predicted molar refractivity (Wildman–Crippen MR) is 122 cm³/mol. The van der Waals surface area contributed by atoms with E-state index in [0.29, 0.717) is 35.5 Å². The van der Waals surface area contributed by atoms with Gasteiger partial charge in [-0.15, -0.1) is 0 Å². The zero-order valence-corrected chi connectivity index (χ0v) is 18.8. The Morgan fingerprint density at radius 1 is 1.12 bits per heavy atom. The molecule has 3 aromatic rings. The van der Waals surface area contributed by atoms with Crippen molar-refractivity contribution in [3.8, 4) is 11.8 Å². The Bertz CT molecular complexity index is 1380. The number of nitrogens with zero attached hydrogens (tertiary/aromatic N) is 3. The van der Waals surface area contributed by atoms with E-state index in [9.17, 15) is 18.0 Å².